The minimum absolute atomic E-state index is 0.210. The molecule has 0 aromatic heterocycles. The monoisotopic (exact) mass is 249 g/mol. The van der Waals surface area contributed by atoms with E-state index in [2.05, 4.69) is 0 Å². The van der Waals surface area contributed by atoms with Gasteiger partial charge in [-0.05, 0) is 12.0 Å². The van der Waals surface area contributed by atoms with Crippen molar-refractivity contribution in [2.75, 3.05) is 26.3 Å². The van der Waals surface area contributed by atoms with E-state index in [9.17, 15) is 9.90 Å². The van der Waals surface area contributed by atoms with E-state index >= 15 is 0 Å². The third kappa shape index (κ3) is 3.55. The predicted molar refractivity (Wildman–Crippen MR) is 68.0 cm³/mol. The highest BCUT2D eigenvalue weighted by molar-refractivity contribution is 5.77. The molecule has 0 bridgehead atoms. The molecule has 1 aromatic rings. The number of likely N-dealkylation sites (tertiary alicyclic amines) is 1. The van der Waals surface area contributed by atoms with Gasteiger partial charge in [-0.3, -0.25) is 4.79 Å². The van der Waals surface area contributed by atoms with Gasteiger partial charge in [-0.1, -0.05) is 30.3 Å². The molecule has 1 amide bonds. The van der Waals surface area contributed by atoms with Gasteiger partial charge in [0.1, 0.15) is 6.10 Å². The van der Waals surface area contributed by atoms with Gasteiger partial charge in [-0.15, -0.1) is 0 Å². The molecule has 1 aliphatic rings. The minimum atomic E-state index is -0.597. The maximum atomic E-state index is 11.3. The fourth-order valence-corrected chi connectivity index (χ4v) is 2.08. The third-order valence-electron chi connectivity index (χ3n) is 3.14. The minimum Gasteiger partial charge on any atom is -0.386 e. The summed E-state index contributed by atoms with van der Waals surface area (Å²) in [7, 11) is 0. The number of aliphatic hydroxyl groups excluding tert-OH is 1. The van der Waals surface area contributed by atoms with Gasteiger partial charge < -0.3 is 14.7 Å². The topological polar surface area (TPSA) is 49.8 Å². The Balaban J connectivity index is 1.65. The summed E-state index contributed by atoms with van der Waals surface area (Å²) in [6.07, 6.45) is 1.01. The first-order valence-electron chi connectivity index (χ1n) is 6.36. The van der Waals surface area contributed by atoms with Crippen molar-refractivity contribution < 1.29 is 14.6 Å². The largest absolute Gasteiger partial charge is 0.386 e. The van der Waals surface area contributed by atoms with Crippen LogP contribution in [-0.4, -0.2) is 42.2 Å². The number of rotatable bonds is 6. The van der Waals surface area contributed by atoms with Crippen molar-refractivity contribution in [3.63, 3.8) is 0 Å². The van der Waals surface area contributed by atoms with Gasteiger partial charge >= 0.3 is 0 Å². The molecule has 4 heteroatoms. The van der Waals surface area contributed by atoms with Crippen LogP contribution in [0.1, 0.15) is 24.5 Å². The molecule has 98 valence electrons. The molecule has 18 heavy (non-hydrogen) atoms. The number of nitrogens with zero attached hydrogens (tertiary/aromatic N) is 1. The Morgan fingerprint density at radius 3 is 2.78 bits per heavy atom. The van der Waals surface area contributed by atoms with Crippen molar-refractivity contribution in [3.8, 4) is 0 Å². The molecule has 1 atom stereocenters. The SMILES string of the molecule is O=C1CCCN1CCOCC(O)c1ccccc1. The molecular weight excluding hydrogens is 230 g/mol. The van der Waals surface area contributed by atoms with Crippen LogP contribution >= 0.6 is 0 Å². The number of aliphatic hydroxyl groups is 1. The summed E-state index contributed by atoms with van der Waals surface area (Å²) in [6.45, 7) is 2.21. The number of ether oxygens (including phenoxy) is 1. The normalized spacial score (nSPS) is 17.2. The zero-order valence-corrected chi connectivity index (χ0v) is 10.4. The number of hydrogen-bond donors (Lipinski definition) is 1. The summed E-state index contributed by atoms with van der Waals surface area (Å²) in [6, 6.07) is 9.44. The van der Waals surface area contributed by atoms with Crippen LogP contribution in [0.15, 0.2) is 30.3 Å². The zero-order valence-electron chi connectivity index (χ0n) is 10.4. The number of carbonyl (C=O) groups excluding carboxylic acids is 1. The number of carbonyl (C=O) groups is 1. The lowest BCUT2D eigenvalue weighted by atomic mass is 10.1. The summed E-state index contributed by atoms with van der Waals surface area (Å²) < 4.78 is 5.42. The van der Waals surface area contributed by atoms with E-state index in [0.29, 0.717) is 19.6 Å². The van der Waals surface area contributed by atoms with Gasteiger partial charge in [0, 0.05) is 19.5 Å². The molecule has 1 fully saturated rings. The maximum absolute atomic E-state index is 11.3. The second kappa shape index (κ2) is 6.52. The van der Waals surface area contributed by atoms with Crippen LogP contribution in [0.3, 0.4) is 0 Å². The number of amides is 1. The number of benzene rings is 1. The van der Waals surface area contributed by atoms with Gasteiger partial charge in [0.2, 0.25) is 5.91 Å². The lowest BCUT2D eigenvalue weighted by Crippen LogP contribution is -2.28. The molecule has 1 aliphatic heterocycles. The van der Waals surface area contributed by atoms with Crippen molar-refractivity contribution in [3.05, 3.63) is 35.9 Å². The lowest BCUT2D eigenvalue weighted by molar-refractivity contribution is -0.128. The summed E-state index contributed by atoms with van der Waals surface area (Å²) in [5.74, 6) is 0.210. The zero-order chi connectivity index (χ0) is 12.8. The van der Waals surface area contributed by atoms with Crippen molar-refractivity contribution in [2.24, 2.45) is 0 Å². The highest BCUT2D eigenvalue weighted by Gasteiger charge is 2.19. The summed E-state index contributed by atoms with van der Waals surface area (Å²) in [5, 5.41) is 9.86. The van der Waals surface area contributed by atoms with Crippen LogP contribution in [0.2, 0.25) is 0 Å². The standard InChI is InChI=1S/C14H19NO3/c16-13(12-5-2-1-3-6-12)11-18-10-9-15-8-4-7-14(15)17/h1-3,5-6,13,16H,4,7-11H2. The Morgan fingerprint density at radius 1 is 1.33 bits per heavy atom. The van der Waals surface area contributed by atoms with Crippen molar-refractivity contribution in [1.29, 1.82) is 0 Å². The van der Waals surface area contributed by atoms with E-state index in [1.807, 2.05) is 35.2 Å². The first-order chi connectivity index (χ1) is 8.77. The number of hydrogen-bond acceptors (Lipinski definition) is 3. The van der Waals surface area contributed by atoms with Crippen LogP contribution in [0.4, 0.5) is 0 Å². The van der Waals surface area contributed by atoms with Crippen LogP contribution < -0.4 is 0 Å². The Morgan fingerprint density at radius 2 is 2.11 bits per heavy atom. The fraction of sp³-hybridized carbons (Fsp3) is 0.500. The van der Waals surface area contributed by atoms with E-state index in [0.717, 1.165) is 18.5 Å². The molecular formula is C14H19NO3. The van der Waals surface area contributed by atoms with E-state index in [1.165, 1.54) is 0 Å². The molecule has 1 unspecified atom stereocenters. The van der Waals surface area contributed by atoms with Crippen LogP contribution in [-0.2, 0) is 9.53 Å². The predicted octanol–water partition coefficient (Wildman–Crippen LogP) is 1.36. The Hall–Kier alpha value is -1.39. The molecule has 4 nitrogen and oxygen atoms in total. The summed E-state index contributed by atoms with van der Waals surface area (Å²) in [4.78, 5) is 13.2. The Kier molecular flexibility index (Phi) is 4.73. The smallest absolute Gasteiger partial charge is 0.222 e. The summed E-state index contributed by atoms with van der Waals surface area (Å²) >= 11 is 0. The van der Waals surface area contributed by atoms with E-state index in [1.54, 1.807) is 0 Å². The first-order valence-corrected chi connectivity index (χ1v) is 6.36. The Labute approximate surface area is 107 Å². The molecule has 1 heterocycles. The molecule has 0 spiro atoms. The van der Waals surface area contributed by atoms with Crippen molar-refractivity contribution >= 4 is 5.91 Å². The lowest BCUT2D eigenvalue weighted by Gasteiger charge is -2.16. The van der Waals surface area contributed by atoms with Crippen LogP contribution in [0.25, 0.3) is 0 Å². The van der Waals surface area contributed by atoms with Gasteiger partial charge in [-0.2, -0.15) is 0 Å². The maximum Gasteiger partial charge on any atom is 0.222 e. The second-order valence-electron chi connectivity index (χ2n) is 4.49. The van der Waals surface area contributed by atoms with Gasteiger partial charge in [0.15, 0.2) is 0 Å². The molecule has 1 saturated heterocycles. The molecule has 0 saturated carbocycles. The third-order valence-corrected chi connectivity index (χ3v) is 3.14. The highest BCUT2D eigenvalue weighted by Crippen LogP contribution is 2.12. The van der Waals surface area contributed by atoms with Crippen LogP contribution in [0, 0.1) is 0 Å². The van der Waals surface area contributed by atoms with Gasteiger partial charge in [0.05, 0.1) is 13.2 Å². The van der Waals surface area contributed by atoms with Crippen molar-refractivity contribution in [1.82, 2.24) is 4.90 Å². The van der Waals surface area contributed by atoms with E-state index in [-0.39, 0.29) is 12.5 Å². The van der Waals surface area contributed by atoms with Crippen LogP contribution in [0.5, 0.6) is 0 Å². The highest BCUT2D eigenvalue weighted by atomic mass is 16.5. The molecule has 2 rings (SSSR count). The second-order valence-corrected chi connectivity index (χ2v) is 4.49. The first kappa shape index (κ1) is 13.1. The fourth-order valence-electron chi connectivity index (χ4n) is 2.08. The quantitative estimate of drug-likeness (QED) is 0.774. The average Bonchev–Trinajstić information content (AvgIpc) is 2.81. The van der Waals surface area contributed by atoms with E-state index in [4.69, 9.17) is 4.74 Å². The molecule has 1 N–H and O–H groups in total. The van der Waals surface area contributed by atoms with Gasteiger partial charge in [-0.25, -0.2) is 0 Å². The molecule has 1 aromatic carbocycles. The average molecular weight is 249 g/mol. The van der Waals surface area contributed by atoms with Gasteiger partial charge in [0.25, 0.3) is 0 Å². The summed E-state index contributed by atoms with van der Waals surface area (Å²) in [5.41, 5.74) is 0.856. The Bertz CT molecular complexity index is 380. The molecule has 0 aliphatic carbocycles. The molecule has 0 radical (unpaired) electrons. The van der Waals surface area contributed by atoms with E-state index < -0.39 is 6.10 Å². The van der Waals surface area contributed by atoms with Crippen molar-refractivity contribution in [2.45, 2.75) is 18.9 Å².